The molecule has 1 aromatic carbocycles. The molecule has 0 saturated carbocycles. The van der Waals surface area contributed by atoms with E-state index in [1.54, 1.807) is 11.8 Å². The predicted octanol–water partition coefficient (Wildman–Crippen LogP) is 4.19. The summed E-state index contributed by atoms with van der Waals surface area (Å²) in [6.07, 6.45) is 1.56. The molecular weight excluding hydrogens is 366 g/mol. The van der Waals surface area contributed by atoms with E-state index in [0.29, 0.717) is 19.0 Å². The lowest BCUT2D eigenvalue weighted by Gasteiger charge is -2.43. The maximum absolute atomic E-state index is 12.3. The molecule has 2 heterocycles. The number of hydrogen-bond acceptors (Lipinski definition) is 4. The molecule has 2 aliphatic rings. The molecule has 1 aromatic rings. The molecule has 3 atom stereocenters. The van der Waals surface area contributed by atoms with Crippen molar-refractivity contribution in [2.45, 2.75) is 78.0 Å². The zero-order chi connectivity index (χ0) is 21.5. The highest BCUT2D eigenvalue weighted by Crippen LogP contribution is 2.41. The molecule has 6 heteroatoms. The number of carbonyl (C=O) groups excluding carboxylic acids is 2. The van der Waals surface area contributed by atoms with Crippen molar-refractivity contribution in [3.05, 3.63) is 29.3 Å². The van der Waals surface area contributed by atoms with Crippen LogP contribution in [0.4, 0.5) is 10.5 Å². The lowest BCUT2D eigenvalue weighted by atomic mass is 9.80. The third-order valence-corrected chi connectivity index (χ3v) is 6.36. The van der Waals surface area contributed by atoms with Crippen LogP contribution in [0.3, 0.4) is 0 Å². The largest absolute Gasteiger partial charge is 0.444 e. The number of rotatable bonds is 1. The quantitative estimate of drug-likeness (QED) is 0.765. The third kappa shape index (κ3) is 4.42. The van der Waals surface area contributed by atoms with Gasteiger partial charge in [0, 0.05) is 37.8 Å². The summed E-state index contributed by atoms with van der Waals surface area (Å²) < 4.78 is 5.50. The highest BCUT2D eigenvalue weighted by Gasteiger charge is 2.37. The van der Waals surface area contributed by atoms with Crippen LogP contribution < -0.4 is 10.6 Å². The predicted molar refractivity (Wildman–Crippen MR) is 115 cm³/mol. The van der Waals surface area contributed by atoms with Gasteiger partial charge in [-0.2, -0.15) is 0 Å². The minimum atomic E-state index is -0.473. The van der Waals surface area contributed by atoms with Crippen molar-refractivity contribution in [2.24, 2.45) is 11.7 Å². The highest BCUT2D eigenvalue weighted by molar-refractivity contribution is 5.93. The smallest absolute Gasteiger partial charge is 0.410 e. The molecule has 2 aliphatic heterocycles. The van der Waals surface area contributed by atoms with Crippen molar-refractivity contribution in [3.63, 3.8) is 0 Å². The lowest BCUT2D eigenvalue weighted by molar-refractivity contribution is -0.117. The van der Waals surface area contributed by atoms with Gasteiger partial charge in [0.1, 0.15) is 5.60 Å². The van der Waals surface area contributed by atoms with Gasteiger partial charge in [-0.1, -0.05) is 19.1 Å². The number of piperidine rings is 1. The van der Waals surface area contributed by atoms with Crippen LogP contribution in [0.2, 0.25) is 0 Å². The van der Waals surface area contributed by atoms with Gasteiger partial charge >= 0.3 is 6.09 Å². The summed E-state index contributed by atoms with van der Waals surface area (Å²) in [5.74, 6) is 0.623. The van der Waals surface area contributed by atoms with Crippen LogP contribution in [0.25, 0.3) is 0 Å². The van der Waals surface area contributed by atoms with E-state index < -0.39 is 5.60 Å². The summed E-state index contributed by atoms with van der Waals surface area (Å²) in [7, 11) is 0. The fourth-order valence-corrected chi connectivity index (χ4v) is 4.53. The van der Waals surface area contributed by atoms with Crippen LogP contribution in [0.5, 0.6) is 0 Å². The average Bonchev–Trinajstić information content (AvgIpc) is 2.64. The number of ether oxygens (including phenoxy) is 1. The van der Waals surface area contributed by atoms with Crippen LogP contribution in [-0.4, -0.2) is 41.6 Å². The first-order valence-electron chi connectivity index (χ1n) is 10.7. The van der Waals surface area contributed by atoms with E-state index in [2.05, 4.69) is 32.0 Å². The van der Waals surface area contributed by atoms with Gasteiger partial charge in [-0.3, -0.25) is 4.79 Å². The Bertz CT molecular complexity index is 778. The SMILES string of the molecule is CC(=O)N1c2ccc(C3CCN(C(=O)OC(C)(C)C)CC3)cc2[C@H](N)[C@@H](C)[C@@H]1C. The molecule has 0 unspecified atom stereocenters. The van der Waals surface area contributed by atoms with Crippen molar-refractivity contribution in [1.82, 2.24) is 4.90 Å². The number of fused-ring (bicyclic) bond motifs is 1. The van der Waals surface area contributed by atoms with Gasteiger partial charge in [-0.15, -0.1) is 0 Å². The van der Waals surface area contributed by atoms with Crippen molar-refractivity contribution in [1.29, 1.82) is 0 Å². The molecule has 160 valence electrons. The second kappa shape index (κ2) is 7.98. The Kier molecular flexibility index (Phi) is 5.95. The van der Waals surface area contributed by atoms with E-state index in [1.165, 1.54) is 5.56 Å². The first-order chi connectivity index (χ1) is 13.5. The number of nitrogens with zero attached hydrogens (tertiary/aromatic N) is 2. The Morgan fingerprint density at radius 1 is 1.14 bits per heavy atom. The second-order valence-corrected chi connectivity index (χ2v) is 9.57. The monoisotopic (exact) mass is 401 g/mol. The fraction of sp³-hybridized carbons (Fsp3) is 0.652. The summed E-state index contributed by atoms with van der Waals surface area (Å²) in [6, 6.07) is 6.36. The zero-order valence-corrected chi connectivity index (χ0v) is 18.6. The van der Waals surface area contributed by atoms with Crippen molar-refractivity contribution < 1.29 is 14.3 Å². The third-order valence-electron chi connectivity index (χ3n) is 6.36. The minimum absolute atomic E-state index is 0.0518. The summed E-state index contributed by atoms with van der Waals surface area (Å²) in [5.41, 5.74) is 9.31. The Hall–Kier alpha value is -2.08. The van der Waals surface area contributed by atoms with Crippen LogP contribution >= 0.6 is 0 Å². The molecule has 0 radical (unpaired) electrons. The van der Waals surface area contributed by atoms with Crippen molar-refractivity contribution in [3.8, 4) is 0 Å². The van der Waals surface area contributed by atoms with Crippen molar-refractivity contribution >= 4 is 17.7 Å². The Balaban J connectivity index is 1.76. The number of hydrogen-bond donors (Lipinski definition) is 1. The molecule has 0 bridgehead atoms. The molecule has 1 fully saturated rings. The van der Waals surface area contributed by atoms with E-state index >= 15 is 0 Å². The van der Waals surface area contributed by atoms with Gasteiger partial charge in [0.05, 0.1) is 0 Å². The van der Waals surface area contributed by atoms with Gasteiger partial charge in [-0.25, -0.2) is 4.79 Å². The van der Waals surface area contributed by atoms with Crippen molar-refractivity contribution in [2.75, 3.05) is 18.0 Å². The van der Waals surface area contributed by atoms with Gasteiger partial charge in [-0.05, 0) is 69.6 Å². The standard InChI is InChI=1S/C23H35N3O3/c1-14-15(2)26(16(3)27)20-8-7-18(13-19(20)21(14)24)17-9-11-25(12-10-17)22(28)29-23(4,5)6/h7-8,13-15,17,21H,9-12,24H2,1-6H3/t14-,15-,21+/m0/s1. The Morgan fingerprint density at radius 2 is 1.76 bits per heavy atom. The number of anilines is 1. The molecular formula is C23H35N3O3. The number of carbonyl (C=O) groups is 2. The molecule has 0 aromatic heterocycles. The molecule has 0 aliphatic carbocycles. The van der Waals surface area contributed by atoms with Gasteiger partial charge < -0.3 is 20.3 Å². The van der Waals surface area contributed by atoms with Gasteiger partial charge in [0.15, 0.2) is 0 Å². The van der Waals surface area contributed by atoms with E-state index in [4.69, 9.17) is 10.5 Å². The first kappa shape index (κ1) is 21.6. The molecule has 2 N–H and O–H groups in total. The number of likely N-dealkylation sites (tertiary alicyclic amines) is 1. The number of amides is 2. The van der Waals surface area contributed by atoms with E-state index in [9.17, 15) is 9.59 Å². The van der Waals surface area contributed by atoms with E-state index in [1.807, 2.05) is 25.7 Å². The summed E-state index contributed by atoms with van der Waals surface area (Å²) >= 11 is 0. The first-order valence-corrected chi connectivity index (χ1v) is 10.7. The fourth-order valence-electron chi connectivity index (χ4n) is 4.53. The molecule has 2 amide bonds. The zero-order valence-electron chi connectivity index (χ0n) is 18.6. The normalized spacial score (nSPS) is 25.6. The topological polar surface area (TPSA) is 75.9 Å². The Labute approximate surface area is 174 Å². The highest BCUT2D eigenvalue weighted by atomic mass is 16.6. The number of nitrogens with two attached hydrogens (primary N) is 1. The molecule has 29 heavy (non-hydrogen) atoms. The maximum atomic E-state index is 12.3. The van der Waals surface area contributed by atoms with Gasteiger partial charge in [0.25, 0.3) is 0 Å². The summed E-state index contributed by atoms with van der Waals surface area (Å²) in [5, 5.41) is 0. The summed E-state index contributed by atoms with van der Waals surface area (Å²) in [6.45, 7) is 12.8. The maximum Gasteiger partial charge on any atom is 0.410 e. The van der Waals surface area contributed by atoms with E-state index in [0.717, 1.165) is 24.1 Å². The second-order valence-electron chi connectivity index (χ2n) is 9.57. The average molecular weight is 402 g/mol. The molecule has 6 nitrogen and oxygen atoms in total. The molecule has 3 rings (SSSR count). The molecule has 1 saturated heterocycles. The number of benzene rings is 1. The molecule has 0 spiro atoms. The summed E-state index contributed by atoms with van der Waals surface area (Å²) in [4.78, 5) is 28.2. The Morgan fingerprint density at radius 3 is 2.31 bits per heavy atom. The van der Waals surface area contributed by atoms with Crippen LogP contribution in [-0.2, 0) is 9.53 Å². The minimum Gasteiger partial charge on any atom is -0.444 e. The van der Waals surface area contributed by atoms with E-state index in [-0.39, 0.29) is 30.0 Å². The van der Waals surface area contributed by atoms with Crippen LogP contribution in [0.1, 0.15) is 77.5 Å². The lowest BCUT2D eigenvalue weighted by Crippen LogP contribution is -2.48. The van der Waals surface area contributed by atoms with Crippen LogP contribution in [0, 0.1) is 5.92 Å². The van der Waals surface area contributed by atoms with Crippen LogP contribution in [0.15, 0.2) is 18.2 Å². The van der Waals surface area contributed by atoms with Gasteiger partial charge in [0.2, 0.25) is 5.91 Å².